The van der Waals surface area contributed by atoms with Crippen molar-refractivity contribution in [2.24, 2.45) is 11.8 Å². The van der Waals surface area contributed by atoms with Crippen LogP contribution in [0.5, 0.6) is 0 Å². The number of rotatable bonds is 6. The van der Waals surface area contributed by atoms with Crippen molar-refractivity contribution in [3.8, 4) is 0 Å². The number of amides is 2. The molecule has 2 aliphatic rings. The minimum Gasteiger partial charge on any atom is -0.345 e. The summed E-state index contributed by atoms with van der Waals surface area (Å²) in [6.07, 6.45) is 2.17. The summed E-state index contributed by atoms with van der Waals surface area (Å²) >= 11 is 0. The molecule has 2 aromatic rings. The van der Waals surface area contributed by atoms with Gasteiger partial charge in [0, 0.05) is 33.1 Å². The van der Waals surface area contributed by atoms with E-state index >= 15 is 0 Å². The monoisotopic (exact) mass is 419 g/mol. The number of likely N-dealkylation sites (tertiary alicyclic amines) is 2. The molecule has 164 valence electrons. The van der Waals surface area contributed by atoms with Crippen molar-refractivity contribution in [2.45, 2.75) is 31.8 Å². The van der Waals surface area contributed by atoms with Gasteiger partial charge < -0.3 is 14.7 Å². The number of carbonyl (C=O) groups excluding carboxylic acids is 2. The number of carbonyl (C=O) groups is 2. The third-order valence-corrected chi connectivity index (χ3v) is 6.76. The molecule has 3 unspecified atom stereocenters. The third-order valence-electron chi connectivity index (χ3n) is 6.76. The van der Waals surface area contributed by atoms with Crippen LogP contribution in [-0.4, -0.2) is 60.2 Å². The highest BCUT2D eigenvalue weighted by Gasteiger charge is 2.41. The van der Waals surface area contributed by atoms with Crippen molar-refractivity contribution in [3.05, 3.63) is 71.8 Å². The Kier molecular flexibility index (Phi) is 6.71. The van der Waals surface area contributed by atoms with Gasteiger partial charge in [-0.2, -0.15) is 0 Å². The predicted molar refractivity (Wildman–Crippen MR) is 122 cm³/mol. The molecule has 5 nitrogen and oxygen atoms in total. The third kappa shape index (κ3) is 4.99. The number of nitrogens with zero attached hydrogens (tertiary/aromatic N) is 3. The largest absolute Gasteiger partial charge is 0.345 e. The highest BCUT2D eigenvalue weighted by molar-refractivity contribution is 5.85. The highest BCUT2D eigenvalue weighted by Crippen LogP contribution is 2.39. The summed E-state index contributed by atoms with van der Waals surface area (Å²) in [6.45, 7) is 3.46. The van der Waals surface area contributed by atoms with Gasteiger partial charge in [0.2, 0.25) is 11.8 Å². The van der Waals surface area contributed by atoms with Crippen LogP contribution >= 0.6 is 0 Å². The van der Waals surface area contributed by atoms with Crippen molar-refractivity contribution in [1.29, 1.82) is 0 Å². The summed E-state index contributed by atoms with van der Waals surface area (Å²) in [5.41, 5.74) is 2.13. The normalized spacial score (nSPS) is 24.4. The lowest BCUT2D eigenvalue weighted by Crippen LogP contribution is -2.48. The summed E-state index contributed by atoms with van der Waals surface area (Å²) in [4.78, 5) is 32.8. The molecule has 2 heterocycles. The molecule has 2 aliphatic heterocycles. The van der Waals surface area contributed by atoms with Gasteiger partial charge in [0.25, 0.3) is 0 Å². The van der Waals surface area contributed by atoms with Crippen LogP contribution < -0.4 is 0 Å². The molecule has 2 aromatic carbocycles. The van der Waals surface area contributed by atoms with Crippen LogP contribution in [0.1, 0.15) is 36.4 Å². The Morgan fingerprint density at radius 1 is 1.03 bits per heavy atom. The van der Waals surface area contributed by atoms with E-state index in [0.717, 1.165) is 37.2 Å². The fraction of sp³-hybridized carbons (Fsp3) is 0.462. The lowest BCUT2D eigenvalue weighted by Gasteiger charge is -2.42. The zero-order valence-electron chi connectivity index (χ0n) is 18.6. The lowest BCUT2D eigenvalue weighted by molar-refractivity contribution is -0.148. The van der Waals surface area contributed by atoms with Gasteiger partial charge in [0.1, 0.15) is 0 Å². The Bertz CT molecular complexity index is 886. The Balaban J connectivity index is 1.59. The molecule has 0 N–H and O–H groups in total. The quantitative estimate of drug-likeness (QED) is 0.719. The fourth-order valence-electron chi connectivity index (χ4n) is 5.18. The fourth-order valence-corrected chi connectivity index (χ4v) is 5.18. The molecule has 0 aliphatic carbocycles. The van der Waals surface area contributed by atoms with E-state index in [1.165, 1.54) is 0 Å². The summed E-state index contributed by atoms with van der Waals surface area (Å²) in [7, 11) is 4.07. The molecule has 2 saturated heterocycles. The average molecular weight is 420 g/mol. The Hall–Kier alpha value is -2.66. The first-order chi connectivity index (χ1) is 15.0. The maximum absolute atomic E-state index is 13.6. The number of hydrogen-bond acceptors (Lipinski definition) is 3. The smallest absolute Gasteiger partial charge is 0.227 e. The van der Waals surface area contributed by atoms with Crippen LogP contribution in [0.4, 0.5) is 0 Å². The van der Waals surface area contributed by atoms with E-state index in [1.54, 1.807) is 0 Å². The second kappa shape index (κ2) is 9.65. The average Bonchev–Trinajstić information content (AvgIpc) is 3.20. The van der Waals surface area contributed by atoms with Crippen molar-refractivity contribution in [3.63, 3.8) is 0 Å². The first-order valence-electron chi connectivity index (χ1n) is 11.3. The van der Waals surface area contributed by atoms with E-state index in [4.69, 9.17) is 0 Å². The molecule has 31 heavy (non-hydrogen) atoms. The molecule has 2 amide bonds. The molecule has 3 atom stereocenters. The van der Waals surface area contributed by atoms with Crippen LogP contribution in [-0.2, 0) is 16.1 Å². The predicted octanol–water partition coefficient (Wildman–Crippen LogP) is 3.58. The molecule has 0 saturated carbocycles. The first-order valence-corrected chi connectivity index (χ1v) is 11.3. The van der Waals surface area contributed by atoms with E-state index in [0.29, 0.717) is 25.3 Å². The van der Waals surface area contributed by atoms with Crippen LogP contribution in [0.15, 0.2) is 60.7 Å². The summed E-state index contributed by atoms with van der Waals surface area (Å²) in [5, 5.41) is 0. The Labute approximate surface area is 185 Å². The zero-order chi connectivity index (χ0) is 21.8. The number of benzene rings is 2. The van der Waals surface area contributed by atoms with Crippen LogP contribution in [0.25, 0.3) is 0 Å². The second-order valence-corrected chi connectivity index (χ2v) is 9.14. The standard InChI is InChI=1S/C26H33N3O2/c1-27-16-15-21(17-27)18-28(2)26(31)23-13-14-24(30)29(19-20-9-5-3-6-10-20)25(23)22-11-7-4-8-12-22/h3-12,21,23,25H,13-19H2,1-2H3. The van der Waals surface area contributed by atoms with Gasteiger partial charge in [-0.25, -0.2) is 0 Å². The summed E-state index contributed by atoms with van der Waals surface area (Å²) < 4.78 is 0. The van der Waals surface area contributed by atoms with E-state index in [9.17, 15) is 9.59 Å². The van der Waals surface area contributed by atoms with Crippen LogP contribution in [0, 0.1) is 11.8 Å². The molecule has 0 spiro atoms. The van der Waals surface area contributed by atoms with Crippen molar-refractivity contribution in [2.75, 3.05) is 33.7 Å². The highest BCUT2D eigenvalue weighted by atomic mass is 16.2. The van der Waals surface area contributed by atoms with E-state index < -0.39 is 0 Å². The second-order valence-electron chi connectivity index (χ2n) is 9.14. The Morgan fingerprint density at radius 2 is 1.71 bits per heavy atom. The van der Waals surface area contributed by atoms with E-state index in [1.807, 2.05) is 77.5 Å². The molecule has 0 bridgehead atoms. The lowest BCUT2D eigenvalue weighted by atomic mass is 9.83. The molecule has 0 radical (unpaired) electrons. The summed E-state index contributed by atoms with van der Waals surface area (Å²) in [6, 6.07) is 19.9. The minimum atomic E-state index is -0.233. The molecular weight excluding hydrogens is 386 g/mol. The van der Waals surface area contributed by atoms with Crippen LogP contribution in [0.3, 0.4) is 0 Å². The van der Waals surface area contributed by atoms with E-state index in [-0.39, 0.29) is 23.8 Å². The van der Waals surface area contributed by atoms with Gasteiger partial charge >= 0.3 is 0 Å². The summed E-state index contributed by atoms with van der Waals surface area (Å²) in [5.74, 6) is 0.600. The van der Waals surface area contributed by atoms with Gasteiger partial charge in [-0.15, -0.1) is 0 Å². The van der Waals surface area contributed by atoms with Gasteiger partial charge in [-0.3, -0.25) is 9.59 Å². The number of piperidine rings is 1. The SMILES string of the molecule is CN1CCC(CN(C)C(=O)C2CCC(=O)N(Cc3ccccc3)C2c2ccccc2)C1. The molecule has 0 aromatic heterocycles. The zero-order valence-corrected chi connectivity index (χ0v) is 18.6. The van der Waals surface area contributed by atoms with Gasteiger partial charge in [-0.1, -0.05) is 60.7 Å². The van der Waals surface area contributed by atoms with Gasteiger partial charge in [0.15, 0.2) is 0 Å². The molecule has 5 heteroatoms. The first kappa shape index (κ1) is 21.6. The Morgan fingerprint density at radius 3 is 2.35 bits per heavy atom. The molecule has 4 rings (SSSR count). The maximum atomic E-state index is 13.6. The van der Waals surface area contributed by atoms with Crippen LogP contribution in [0.2, 0.25) is 0 Å². The van der Waals surface area contributed by atoms with E-state index in [2.05, 4.69) is 11.9 Å². The van der Waals surface area contributed by atoms with Crippen molar-refractivity contribution >= 4 is 11.8 Å². The molecule has 2 fully saturated rings. The van der Waals surface area contributed by atoms with Crippen molar-refractivity contribution in [1.82, 2.24) is 14.7 Å². The molecular formula is C26H33N3O2. The van der Waals surface area contributed by atoms with Crippen molar-refractivity contribution < 1.29 is 9.59 Å². The van der Waals surface area contributed by atoms with Gasteiger partial charge in [0.05, 0.1) is 12.0 Å². The van der Waals surface area contributed by atoms with Gasteiger partial charge in [-0.05, 0) is 43.5 Å². The maximum Gasteiger partial charge on any atom is 0.227 e. The number of hydrogen-bond donors (Lipinski definition) is 0. The topological polar surface area (TPSA) is 43.9 Å². The minimum absolute atomic E-state index is 0.127.